The highest BCUT2D eigenvalue weighted by molar-refractivity contribution is 7.98. The van der Waals surface area contributed by atoms with E-state index in [4.69, 9.17) is 14.2 Å². The topological polar surface area (TPSA) is 80.5 Å². The lowest BCUT2D eigenvalue weighted by Gasteiger charge is -2.35. The van der Waals surface area contributed by atoms with Crippen LogP contribution in [-0.2, 0) is 0 Å². The molecule has 0 spiro atoms. The van der Waals surface area contributed by atoms with Crippen LogP contribution in [0.4, 0.5) is 10.5 Å². The van der Waals surface area contributed by atoms with E-state index in [0.29, 0.717) is 28.8 Å². The maximum atomic E-state index is 13.4. The van der Waals surface area contributed by atoms with Gasteiger partial charge in [0, 0.05) is 16.2 Å². The molecule has 5 rings (SSSR count). The van der Waals surface area contributed by atoms with E-state index in [-0.39, 0.29) is 6.03 Å². The minimum absolute atomic E-state index is 0.237. The van der Waals surface area contributed by atoms with Crippen LogP contribution in [0.3, 0.4) is 0 Å². The number of nitrogens with one attached hydrogen (secondary N) is 1. The Labute approximate surface area is 214 Å². The quantitative estimate of drug-likeness (QED) is 0.307. The van der Waals surface area contributed by atoms with Gasteiger partial charge in [0.15, 0.2) is 0 Å². The van der Waals surface area contributed by atoms with Gasteiger partial charge in [-0.1, -0.05) is 35.0 Å². The molecule has 182 valence electrons. The molecule has 4 aromatic rings. The SMILES string of the molecule is COc1ccc(N2C(=O)NC(c3ccc(C)cc3)C(c3nc(-c4ccc(SC)cc4)no3)=C2C)cc1. The number of nitrogens with zero attached hydrogens (tertiary/aromatic N) is 3. The van der Waals surface area contributed by atoms with Crippen LogP contribution in [0.15, 0.2) is 87.9 Å². The third-order valence-electron chi connectivity index (χ3n) is 6.23. The molecule has 0 saturated heterocycles. The molecule has 2 heterocycles. The number of carbonyl (C=O) groups is 1. The van der Waals surface area contributed by atoms with Crippen molar-refractivity contribution < 1.29 is 14.1 Å². The third kappa shape index (κ3) is 4.47. The van der Waals surface area contributed by atoms with Crippen LogP contribution in [0.25, 0.3) is 17.0 Å². The first-order valence-corrected chi connectivity index (χ1v) is 12.7. The number of allylic oxidation sites excluding steroid dienone is 1. The van der Waals surface area contributed by atoms with Gasteiger partial charge in [-0.05, 0) is 74.2 Å². The van der Waals surface area contributed by atoms with E-state index in [1.165, 1.54) is 0 Å². The first-order valence-electron chi connectivity index (χ1n) is 11.5. The molecular formula is C28H26N4O3S. The molecule has 0 bridgehead atoms. The summed E-state index contributed by atoms with van der Waals surface area (Å²) in [7, 11) is 1.61. The van der Waals surface area contributed by atoms with Gasteiger partial charge in [-0.2, -0.15) is 4.98 Å². The van der Waals surface area contributed by atoms with E-state index in [1.807, 2.05) is 92.9 Å². The Morgan fingerprint density at radius 2 is 1.67 bits per heavy atom. The lowest BCUT2D eigenvalue weighted by atomic mass is 9.94. The van der Waals surface area contributed by atoms with Gasteiger partial charge in [0.25, 0.3) is 5.89 Å². The van der Waals surface area contributed by atoms with E-state index >= 15 is 0 Å². The van der Waals surface area contributed by atoms with E-state index in [2.05, 4.69) is 10.5 Å². The highest BCUT2D eigenvalue weighted by Gasteiger charge is 2.36. The second kappa shape index (κ2) is 9.91. The van der Waals surface area contributed by atoms with E-state index in [9.17, 15) is 4.79 Å². The normalized spacial score (nSPS) is 15.7. The van der Waals surface area contributed by atoms with Gasteiger partial charge in [-0.15, -0.1) is 11.8 Å². The largest absolute Gasteiger partial charge is 0.497 e. The molecule has 7 nitrogen and oxygen atoms in total. The van der Waals surface area contributed by atoms with Gasteiger partial charge in [0.05, 0.1) is 24.4 Å². The summed E-state index contributed by atoms with van der Waals surface area (Å²) in [4.78, 5) is 20.9. The zero-order chi connectivity index (χ0) is 25.2. The van der Waals surface area contributed by atoms with Crippen molar-refractivity contribution >= 4 is 29.1 Å². The van der Waals surface area contributed by atoms with Crippen LogP contribution in [0.1, 0.15) is 30.0 Å². The number of benzene rings is 3. The van der Waals surface area contributed by atoms with Crippen LogP contribution in [-0.4, -0.2) is 29.5 Å². The molecule has 2 amide bonds. The maximum Gasteiger partial charge on any atom is 0.326 e. The molecule has 1 N–H and O–H groups in total. The predicted octanol–water partition coefficient (Wildman–Crippen LogP) is 6.48. The van der Waals surface area contributed by atoms with Crippen molar-refractivity contribution in [3.05, 3.63) is 95.5 Å². The molecule has 0 saturated carbocycles. The van der Waals surface area contributed by atoms with Gasteiger partial charge in [-0.25, -0.2) is 4.79 Å². The van der Waals surface area contributed by atoms with Crippen molar-refractivity contribution in [2.75, 3.05) is 18.3 Å². The van der Waals surface area contributed by atoms with Crippen LogP contribution in [0.2, 0.25) is 0 Å². The van der Waals surface area contributed by atoms with E-state index < -0.39 is 6.04 Å². The molecule has 1 unspecified atom stereocenters. The smallest absolute Gasteiger partial charge is 0.326 e. The fourth-order valence-electron chi connectivity index (χ4n) is 4.26. The Morgan fingerprint density at radius 1 is 0.972 bits per heavy atom. The fraction of sp³-hybridized carbons (Fsp3) is 0.179. The summed E-state index contributed by atoms with van der Waals surface area (Å²) in [5.41, 5.74) is 5.09. The van der Waals surface area contributed by atoms with Crippen molar-refractivity contribution in [2.45, 2.75) is 24.8 Å². The van der Waals surface area contributed by atoms with Gasteiger partial charge in [0.2, 0.25) is 5.82 Å². The summed E-state index contributed by atoms with van der Waals surface area (Å²) in [6, 6.07) is 22.7. The zero-order valence-corrected chi connectivity index (χ0v) is 21.3. The lowest BCUT2D eigenvalue weighted by molar-refractivity contribution is 0.244. The molecule has 36 heavy (non-hydrogen) atoms. The van der Waals surface area contributed by atoms with E-state index in [0.717, 1.165) is 27.2 Å². The predicted molar refractivity (Wildman–Crippen MR) is 142 cm³/mol. The Balaban J connectivity index is 1.61. The Bertz CT molecular complexity index is 1410. The lowest BCUT2D eigenvalue weighted by Crippen LogP contribution is -2.46. The number of aryl methyl sites for hydroxylation is 1. The summed E-state index contributed by atoms with van der Waals surface area (Å²) in [5.74, 6) is 1.57. The summed E-state index contributed by atoms with van der Waals surface area (Å²) in [6.45, 7) is 3.93. The van der Waals surface area contributed by atoms with Gasteiger partial charge >= 0.3 is 6.03 Å². The molecule has 0 radical (unpaired) electrons. The molecule has 8 heteroatoms. The van der Waals surface area contributed by atoms with Crippen LogP contribution < -0.4 is 15.0 Å². The second-order valence-corrected chi connectivity index (χ2v) is 9.36. The fourth-order valence-corrected chi connectivity index (χ4v) is 4.67. The van der Waals surface area contributed by atoms with Crippen molar-refractivity contribution in [3.8, 4) is 17.1 Å². The Kier molecular flexibility index (Phi) is 6.52. The number of anilines is 1. The molecule has 1 aliphatic heterocycles. The first-order chi connectivity index (χ1) is 17.5. The standard InChI is InChI=1S/C28H26N4O3S/c1-17-5-7-19(8-6-17)25-24(27-30-26(31-35-27)20-9-15-23(36-4)16-10-20)18(2)32(28(33)29-25)21-11-13-22(34-3)14-12-21/h5-16,25H,1-4H3,(H,29,33). The van der Waals surface area contributed by atoms with Crippen molar-refractivity contribution in [3.63, 3.8) is 0 Å². The first kappa shape index (κ1) is 23.7. The van der Waals surface area contributed by atoms with Crippen LogP contribution in [0.5, 0.6) is 5.75 Å². The molecule has 1 aliphatic rings. The molecule has 1 aromatic heterocycles. The van der Waals surface area contributed by atoms with Crippen LogP contribution >= 0.6 is 11.8 Å². The average Bonchev–Trinajstić information content (AvgIpc) is 3.39. The number of amides is 2. The molecule has 0 aliphatic carbocycles. The minimum Gasteiger partial charge on any atom is -0.497 e. The molecule has 1 atom stereocenters. The van der Waals surface area contributed by atoms with Crippen molar-refractivity contribution in [1.29, 1.82) is 0 Å². The number of methoxy groups -OCH3 is 1. The summed E-state index contributed by atoms with van der Waals surface area (Å²) < 4.78 is 11.1. The van der Waals surface area contributed by atoms with Gasteiger partial charge < -0.3 is 14.6 Å². The zero-order valence-electron chi connectivity index (χ0n) is 20.5. The highest BCUT2D eigenvalue weighted by Crippen LogP contribution is 2.39. The third-order valence-corrected chi connectivity index (χ3v) is 6.97. The average molecular weight is 499 g/mol. The van der Waals surface area contributed by atoms with Gasteiger partial charge in [0.1, 0.15) is 5.75 Å². The number of urea groups is 1. The molecule has 0 fully saturated rings. The monoisotopic (exact) mass is 498 g/mol. The number of hydrogen-bond donors (Lipinski definition) is 1. The van der Waals surface area contributed by atoms with E-state index in [1.54, 1.807) is 23.8 Å². The molecular weight excluding hydrogens is 472 g/mol. The van der Waals surface area contributed by atoms with Crippen molar-refractivity contribution in [2.24, 2.45) is 0 Å². The summed E-state index contributed by atoms with van der Waals surface area (Å²) in [6.07, 6.45) is 2.04. The Morgan fingerprint density at radius 3 is 2.31 bits per heavy atom. The number of ether oxygens (including phenoxy) is 1. The van der Waals surface area contributed by atoms with Crippen molar-refractivity contribution in [1.82, 2.24) is 15.5 Å². The number of rotatable bonds is 6. The summed E-state index contributed by atoms with van der Waals surface area (Å²) in [5, 5.41) is 7.40. The summed E-state index contributed by atoms with van der Waals surface area (Å²) >= 11 is 1.68. The van der Waals surface area contributed by atoms with Crippen LogP contribution in [0, 0.1) is 6.92 Å². The number of aromatic nitrogens is 2. The number of thioether (sulfide) groups is 1. The minimum atomic E-state index is -0.445. The number of carbonyl (C=O) groups excluding carboxylic acids is 1. The second-order valence-electron chi connectivity index (χ2n) is 8.48. The molecule has 3 aromatic carbocycles. The Hall–Kier alpha value is -4.04. The van der Waals surface area contributed by atoms with Gasteiger partial charge in [-0.3, -0.25) is 4.90 Å². The number of hydrogen-bond acceptors (Lipinski definition) is 6. The highest BCUT2D eigenvalue weighted by atomic mass is 32.2. The maximum absolute atomic E-state index is 13.4.